The number of aromatic nitrogens is 2. The topological polar surface area (TPSA) is 73.1 Å². The van der Waals surface area contributed by atoms with E-state index in [4.69, 9.17) is 10.6 Å². The van der Waals surface area contributed by atoms with Gasteiger partial charge in [0.2, 0.25) is 5.88 Å². The van der Waals surface area contributed by atoms with E-state index in [-0.39, 0.29) is 5.92 Å². The molecule has 1 heterocycles. The summed E-state index contributed by atoms with van der Waals surface area (Å²) in [5.74, 6) is 7.52. The highest BCUT2D eigenvalue weighted by atomic mass is 16.5. The van der Waals surface area contributed by atoms with Crippen LogP contribution >= 0.6 is 0 Å². The lowest BCUT2D eigenvalue weighted by molar-refractivity contribution is 0.297. The molecule has 0 radical (unpaired) electrons. The van der Waals surface area contributed by atoms with Crippen molar-refractivity contribution in [3.63, 3.8) is 0 Å². The third kappa shape index (κ3) is 4.72. The van der Waals surface area contributed by atoms with Crippen molar-refractivity contribution in [2.75, 3.05) is 12.0 Å². The molecule has 1 aromatic heterocycles. The van der Waals surface area contributed by atoms with E-state index < -0.39 is 0 Å². The second-order valence-corrected chi connectivity index (χ2v) is 5.19. The zero-order chi connectivity index (χ0) is 15.1. The van der Waals surface area contributed by atoms with Crippen molar-refractivity contribution in [1.82, 2.24) is 9.97 Å². The lowest BCUT2D eigenvalue weighted by atomic mass is 10.1. The van der Waals surface area contributed by atoms with Gasteiger partial charge in [0.15, 0.2) is 0 Å². The average Bonchev–Trinajstić information content (AvgIpc) is 2.52. The van der Waals surface area contributed by atoms with Gasteiger partial charge in [0.25, 0.3) is 0 Å². The molecule has 0 aliphatic rings. The molecule has 0 aliphatic carbocycles. The maximum absolute atomic E-state index is 5.71. The number of benzene rings is 1. The fourth-order valence-electron chi connectivity index (χ4n) is 1.95. The quantitative estimate of drug-likeness (QED) is 0.465. The number of hydrazine groups is 1. The number of nitrogens with one attached hydrogen (secondary N) is 1. The van der Waals surface area contributed by atoms with Crippen molar-refractivity contribution in [2.24, 2.45) is 5.84 Å². The normalized spacial score (nSPS) is 10.7. The summed E-state index contributed by atoms with van der Waals surface area (Å²) in [7, 11) is 0. The third-order valence-corrected chi connectivity index (χ3v) is 3.09. The monoisotopic (exact) mass is 286 g/mol. The van der Waals surface area contributed by atoms with Crippen LogP contribution in [0, 0.1) is 0 Å². The molecule has 112 valence electrons. The van der Waals surface area contributed by atoms with Gasteiger partial charge >= 0.3 is 0 Å². The van der Waals surface area contributed by atoms with Crippen LogP contribution in [0.1, 0.15) is 37.6 Å². The number of hydrogen-bond donors (Lipinski definition) is 2. The van der Waals surface area contributed by atoms with Gasteiger partial charge in [-0.05, 0) is 18.4 Å². The molecule has 0 aliphatic heterocycles. The molecule has 0 saturated heterocycles. The first-order valence-electron chi connectivity index (χ1n) is 7.21. The third-order valence-electron chi connectivity index (χ3n) is 3.09. The number of nitrogens with two attached hydrogens (primary N) is 1. The zero-order valence-electron chi connectivity index (χ0n) is 12.5. The summed E-state index contributed by atoms with van der Waals surface area (Å²) in [5, 5.41) is 0. The molecule has 5 heteroatoms. The second kappa shape index (κ2) is 7.59. The first-order valence-corrected chi connectivity index (χ1v) is 7.21. The van der Waals surface area contributed by atoms with E-state index in [9.17, 15) is 0 Å². The molecule has 21 heavy (non-hydrogen) atoms. The van der Waals surface area contributed by atoms with E-state index in [2.05, 4.69) is 39.7 Å². The van der Waals surface area contributed by atoms with E-state index in [1.54, 1.807) is 6.07 Å². The van der Waals surface area contributed by atoms with Gasteiger partial charge in [-0.1, -0.05) is 44.2 Å². The smallest absolute Gasteiger partial charge is 0.218 e. The first kappa shape index (κ1) is 15.3. The number of nitrogens with zero attached hydrogens (tertiary/aromatic N) is 2. The summed E-state index contributed by atoms with van der Waals surface area (Å²) in [6.07, 6.45) is 1.93. The van der Waals surface area contributed by atoms with Crippen LogP contribution in [0.25, 0.3) is 0 Å². The highest BCUT2D eigenvalue weighted by Gasteiger charge is 2.08. The van der Waals surface area contributed by atoms with Crippen molar-refractivity contribution in [3.05, 3.63) is 47.8 Å². The van der Waals surface area contributed by atoms with Crippen LogP contribution in [0.5, 0.6) is 5.88 Å². The number of hydrogen-bond acceptors (Lipinski definition) is 5. The molecule has 3 N–H and O–H groups in total. The Morgan fingerprint density at radius 3 is 2.62 bits per heavy atom. The Morgan fingerprint density at radius 1 is 1.19 bits per heavy atom. The summed E-state index contributed by atoms with van der Waals surface area (Å²) in [6.45, 7) is 4.69. The molecule has 0 amide bonds. The molecule has 2 aromatic rings. The number of aryl methyl sites for hydroxylation is 1. The van der Waals surface area contributed by atoms with Gasteiger partial charge < -0.3 is 10.2 Å². The highest BCUT2D eigenvalue weighted by Crippen LogP contribution is 2.18. The minimum absolute atomic E-state index is 0.227. The fourth-order valence-corrected chi connectivity index (χ4v) is 1.95. The molecule has 5 nitrogen and oxygen atoms in total. The second-order valence-electron chi connectivity index (χ2n) is 5.19. The lowest BCUT2D eigenvalue weighted by Crippen LogP contribution is -2.12. The predicted molar refractivity (Wildman–Crippen MR) is 84.2 cm³/mol. The molecule has 0 atom stereocenters. The van der Waals surface area contributed by atoms with Crippen LogP contribution in [0.15, 0.2) is 36.4 Å². The fraction of sp³-hybridized carbons (Fsp3) is 0.375. The Morgan fingerprint density at radius 2 is 1.95 bits per heavy atom. The zero-order valence-corrected chi connectivity index (χ0v) is 12.5. The summed E-state index contributed by atoms with van der Waals surface area (Å²) >= 11 is 0. The van der Waals surface area contributed by atoms with Gasteiger partial charge in [-0.2, -0.15) is 4.98 Å². The lowest BCUT2D eigenvalue weighted by Gasteiger charge is -2.10. The maximum atomic E-state index is 5.71. The molecule has 0 spiro atoms. The predicted octanol–water partition coefficient (Wildman–Crippen LogP) is 2.90. The van der Waals surface area contributed by atoms with Crippen molar-refractivity contribution in [2.45, 2.75) is 32.6 Å². The van der Waals surface area contributed by atoms with Crippen LogP contribution in [0.4, 0.5) is 5.82 Å². The molecule has 0 fully saturated rings. The standard InChI is InChI=1S/C16H22N4O/c1-12(2)16-18-14(20-17)11-15(19-16)21-10-6-9-13-7-4-3-5-8-13/h3-5,7-8,11-12H,6,9-10,17H2,1-2H3,(H,18,19,20). The SMILES string of the molecule is CC(C)c1nc(NN)cc(OCCCc2ccccc2)n1. The molecule has 0 bridgehead atoms. The van der Waals surface area contributed by atoms with Crippen LogP contribution in [-0.2, 0) is 6.42 Å². The largest absolute Gasteiger partial charge is 0.478 e. The van der Waals surface area contributed by atoms with Crippen molar-refractivity contribution < 1.29 is 4.74 Å². The van der Waals surface area contributed by atoms with Crippen molar-refractivity contribution in [1.29, 1.82) is 0 Å². The van der Waals surface area contributed by atoms with Crippen molar-refractivity contribution in [3.8, 4) is 5.88 Å². The summed E-state index contributed by atoms with van der Waals surface area (Å²) < 4.78 is 5.71. The van der Waals surface area contributed by atoms with E-state index in [0.29, 0.717) is 18.3 Å². The Balaban J connectivity index is 1.89. The van der Waals surface area contributed by atoms with Crippen LogP contribution in [0.3, 0.4) is 0 Å². The molecule has 1 aromatic carbocycles. The minimum atomic E-state index is 0.227. The van der Waals surface area contributed by atoms with E-state index >= 15 is 0 Å². The molecule has 0 unspecified atom stereocenters. The first-order chi connectivity index (χ1) is 10.2. The van der Waals surface area contributed by atoms with E-state index in [1.165, 1.54) is 5.56 Å². The highest BCUT2D eigenvalue weighted by molar-refractivity contribution is 5.37. The van der Waals surface area contributed by atoms with Gasteiger partial charge in [-0.25, -0.2) is 10.8 Å². The Labute approximate surface area is 125 Å². The number of anilines is 1. The van der Waals surface area contributed by atoms with Gasteiger partial charge in [0.1, 0.15) is 11.6 Å². The van der Waals surface area contributed by atoms with Gasteiger partial charge in [0, 0.05) is 12.0 Å². The van der Waals surface area contributed by atoms with Gasteiger partial charge in [-0.3, -0.25) is 0 Å². The molecule has 0 saturated carbocycles. The maximum Gasteiger partial charge on any atom is 0.218 e. The summed E-state index contributed by atoms with van der Waals surface area (Å²) in [6, 6.07) is 12.1. The minimum Gasteiger partial charge on any atom is -0.478 e. The Hall–Kier alpha value is -2.14. The number of ether oxygens (including phenoxy) is 1. The van der Waals surface area contributed by atoms with E-state index in [1.807, 2.05) is 19.9 Å². The molecular weight excluding hydrogens is 264 g/mol. The number of nitrogen functional groups attached to an aromatic ring is 1. The van der Waals surface area contributed by atoms with Crippen LogP contribution in [0.2, 0.25) is 0 Å². The van der Waals surface area contributed by atoms with Crippen LogP contribution < -0.4 is 16.0 Å². The van der Waals surface area contributed by atoms with Crippen LogP contribution in [-0.4, -0.2) is 16.6 Å². The summed E-state index contributed by atoms with van der Waals surface area (Å²) in [5.41, 5.74) is 3.86. The van der Waals surface area contributed by atoms with Crippen molar-refractivity contribution >= 4 is 5.82 Å². The van der Waals surface area contributed by atoms with Gasteiger partial charge in [-0.15, -0.1) is 0 Å². The number of rotatable bonds is 7. The Bertz CT molecular complexity index is 557. The molecule has 2 rings (SSSR count). The van der Waals surface area contributed by atoms with Gasteiger partial charge in [0.05, 0.1) is 6.61 Å². The average molecular weight is 286 g/mol. The Kier molecular flexibility index (Phi) is 5.51. The molecular formula is C16H22N4O. The van der Waals surface area contributed by atoms with E-state index in [0.717, 1.165) is 18.7 Å². The summed E-state index contributed by atoms with van der Waals surface area (Å²) in [4.78, 5) is 8.70.